The molecule has 0 atom stereocenters. The van der Waals surface area contributed by atoms with Gasteiger partial charge in [0.25, 0.3) is 5.90 Å². The minimum Gasteiger partial charge on any atom is -0.444 e. The monoisotopic (exact) mass is 337 g/mol. The summed E-state index contributed by atoms with van der Waals surface area (Å²) in [6.07, 6.45) is 0.325. The lowest BCUT2D eigenvalue weighted by Crippen LogP contribution is -2.27. The number of anilines is 1. The number of nitrogens with one attached hydrogen (secondary N) is 1. The van der Waals surface area contributed by atoms with Crippen LogP contribution in [0.15, 0.2) is 34.4 Å². The number of oxime groups is 1. The first kappa shape index (κ1) is 19.3. The van der Waals surface area contributed by atoms with Crippen LogP contribution in [0.1, 0.15) is 31.1 Å². The number of benzene rings is 1. The van der Waals surface area contributed by atoms with Crippen molar-refractivity contribution in [3.05, 3.63) is 29.8 Å². The Morgan fingerprint density at radius 2 is 1.88 bits per heavy atom. The first-order valence-corrected chi connectivity index (χ1v) is 7.11. The van der Waals surface area contributed by atoms with Gasteiger partial charge in [0.15, 0.2) is 6.67 Å². The number of Topliss-reactive ketones (excluding diaryl/α,β-unsaturated/α-hetero) is 1. The fourth-order valence-electron chi connectivity index (χ4n) is 1.47. The van der Waals surface area contributed by atoms with Crippen molar-refractivity contribution >= 4 is 29.7 Å². The molecule has 0 spiro atoms. The zero-order valence-electron chi connectivity index (χ0n) is 14.0. The van der Waals surface area contributed by atoms with Gasteiger partial charge in [0.05, 0.1) is 0 Å². The maximum atomic E-state index is 12.3. The van der Waals surface area contributed by atoms with Crippen molar-refractivity contribution in [3.8, 4) is 0 Å². The van der Waals surface area contributed by atoms with E-state index < -0.39 is 24.2 Å². The first-order chi connectivity index (χ1) is 11.2. The van der Waals surface area contributed by atoms with E-state index in [0.29, 0.717) is 11.3 Å². The number of carbonyl (C=O) groups excluding carboxylic acids is 2. The average molecular weight is 337 g/mol. The predicted molar refractivity (Wildman–Crippen MR) is 89.5 cm³/mol. The van der Waals surface area contributed by atoms with Crippen LogP contribution in [-0.2, 0) is 9.57 Å². The highest BCUT2D eigenvalue weighted by Gasteiger charge is 2.16. The summed E-state index contributed by atoms with van der Waals surface area (Å²) >= 11 is 0. The Morgan fingerprint density at radius 3 is 2.38 bits per heavy atom. The van der Waals surface area contributed by atoms with Crippen LogP contribution in [0.4, 0.5) is 14.9 Å². The number of rotatable bonds is 5. The normalized spacial score (nSPS) is 12.1. The summed E-state index contributed by atoms with van der Waals surface area (Å²) < 4.78 is 17.4. The van der Waals surface area contributed by atoms with Crippen LogP contribution in [0, 0.1) is 0 Å². The Labute approximate surface area is 139 Å². The van der Waals surface area contributed by atoms with E-state index in [4.69, 9.17) is 4.74 Å². The summed E-state index contributed by atoms with van der Waals surface area (Å²) in [5.41, 5.74) is 0.204. The van der Waals surface area contributed by atoms with E-state index in [9.17, 15) is 14.0 Å². The number of carbonyl (C=O) groups is 2. The number of nitrogens with zero attached hydrogens (tertiary/aromatic N) is 2. The highest BCUT2D eigenvalue weighted by Crippen LogP contribution is 2.13. The Bertz CT molecular complexity index is 634. The Morgan fingerprint density at radius 1 is 1.25 bits per heavy atom. The van der Waals surface area contributed by atoms with Gasteiger partial charge in [-0.05, 0) is 45.0 Å². The van der Waals surface area contributed by atoms with Crippen LogP contribution < -0.4 is 5.32 Å². The van der Waals surface area contributed by atoms with Crippen LogP contribution in [0.3, 0.4) is 0 Å². The van der Waals surface area contributed by atoms with Crippen LogP contribution in [0.25, 0.3) is 0 Å². The molecule has 1 rings (SSSR count). The molecule has 8 heteroatoms. The van der Waals surface area contributed by atoms with E-state index in [2.05, 4.69) is 20.3 Å². The molecule has 0 aliphatic carbocycles. The maximum absolute atomic E-state index is 12.3. The van der Waals surface area contributed by atoms with E-state index in [1.165, 1.54) is 19.2 Å². The lowest BCUT2D eigenvalue weighted by molar-refractivity contribution is 0.0636. The molecule has 0 radical (unpaired) electrons. The number of amides is 1. The van der Waals surface area contributed by atoms with E-state index >= 15 is 0 Å². The van der Waals surface area contributed by atoms with Crippen LogP contribution >= 0.6 is 0 Å². The summed E-state index contributed by atoms with van der Waals surface area (Å²) in [7, 11) is 1.35. The number of alkyl halides is 1. The molecule has 0 unspecified atom stereocenters. The topological polar surface area (TPSA) is 89.4 Å². The number of halogens is 1. The predicted octanol–water partition coefficient (Wildman–Crippen LogP) is 3.22. The Hall–Kier alpha value is -2.77. The number of aliphatic imine (C=N–C) groups is 1. The molecule has 7 nitrogen and oxygen atoms in total. The molecule has 0 bridgehead atoms. The molecule has 1 aromatic rings. The SMILES string of the molecule is CN=C(CF)O/N=C/C(=O)c1ccc(NC(=O)OC(C)(C)C)cc1. The average Bonchev–Trinajstić information content (AvgIpc) is 2.50. The molecular weight excluding hydrogens is 317 g/mol. The van der Waals surface area contributed by atoms with Crippen molar-refractivity contribution in [2.75, 3.05) is 19.0 Å². The second-order valence-electron chi connectivity index (χ2n) is 5.65. The zero-order chi connectivity index (χ0) is 18.2. The van der Waals surface area contributed by atoms with Gasteiger partial charge in [0.1, 0.15) is 11.8 Å². The van der Waals surface area contributed by atoms with E-state index in [0.717, 1.165) is 6.21 Å². The van der Waals surface area contributed by atoms with Gasteiger partial charge in [-0.1, -0.05) is 5.16 Å². The summed E-state index contributed by atoms with van der Waals surface area (Å²) in [6.45, 7) is 4.36. The molecule has 0 aromatic heterocycles. The van der Waals surface area contributed by atoms with Crippen LogP contribution in [0.2, 0.25) is 0 Å². The summed E-state index contributed by atoms with van der Waals surface area (Å²) in [6, 6.07) is 6.11. The number of hydrogen-bond acceptors (Lipinski definition) is 6. The standard InChI is InChI=1S/C16H20FN3O4/c1-16(2,3)23-15(22)20-12-7-5-11(6-8-12)13(21)10-19-24-14(9-17)18-4/h5-8,10H,9H2,1-4H3,(H,20,22)/b18-14?,19-10+. The van der Waals surface area contributed by atoms with Crippen molar-refractivity contribution in [3.63, 3.8) is 0 Å². The van der Waals surface area contributed by atoms with Crippen molar-refractivity contribution in [1.82, 2.24) is 0 Å². The summed E-state index contributed by atoms with van der Waals surface area (Å²) in [5, 5.41) is 5.92. The van der Waals surface area contributed by atoms with Crippen molar-refractivity contribution in [1.29, 1.82) is 0 Å². The molecule has 1 amide bonds. The smallest absolute Gasteiger partial charge is 0.412 e. The first-order valence-electron chi connectivity index (χ1n) is 7.11. The fourth-order valence-corrected chi connectivity index (χ4v) is 1.47. The van der Waals surface area contributed by atoms with Gasteiger partial charge in [0, 0.05) is 18.3 Å². The quantitative estimate of drug-likeness (QED) is 0.387. The molecule has 1 aromatic carbocycles. The minimum atomic E-state index is -0.910. The highest BCUT2D eigenvalue weighted by atomic mass is 19.1. The van der Waals surface area contributed by atoms with Crippen molar-refractivity contribution in [2.45, 2.75) is 26.4 Å². The van der Waals surface area contributed by atoms with E-state index in [1.807, 2.05) is 0 Å². The Kier molecular flexibility index (Phi) is 7.03. The molecule has 0 saturated carbocycles. The summed E-state index contributed by atoms with van der Waals surface area (Å²) in [5.74, 6) is -0.663. The molecule has 0 heterocycles. The second kappa shape index (κ2) is 8.76. The molecule has 130 valence electrons. The van der Waals surface area contributed by atoms with E-state index in [-0.39, 0.29) is 5.90 Å². The van der Waals surface area contributed by atoms with Crippen LogP contribution in [0.5, 0.6) is 0 Å². The molecule has 0 saturated heterocycles. The fraction of sp³-hybridized carbons (Fsp3) is 0.375. The van der Waals surface area contributed by atoms with Gasteiger partial charge in [-0.15, -0.1) is 0 Å². The minimum absolute atomic E-state index is 0.226. The Balaban J connectivity index is 2.62. The number of ether oxygens (including phenoxy) is 1. The maximum Gasteiger partial charge on any atom is 0.412 e. The second-order valence-corrected chi connectivity index (χ2v) is 5.65. The lowest BCUT2D eigenvalue weighted by Gasteiger charge is -2.19. The van der Waals surface area contributed by atoms with E-state index in [1.54, 1.807) is 32.9 Å². The highest BCUT2D eigenvalue weighted by molar-refractivity contribution is 6.35. The largest absolute Gasteiger partial charge is 0.444 e. The third-order valence-electron chi connectivity index (χ3n) is 2.51. The lowest BCUT2D eigenvalue weighted by atomic mass is 10.1. The molecule has 1 N–H and O–H groups in total. The number of ketones is 1. The molecule has 0 aliphatic heterocycles. The van der Waals surface area contributed by atoms with Crippen LogP contribution in [-0.4, -0.2) is 43.3 Å². The third kappa shape index (κ3) is 6.99. The molecular formula is C16H20FN3O4. The van der Waals surface area contributed by atoms with Gasteiger partial charge in [-0.2, -0.15) is 0 Å². The molecule has 0 aliphatic rings. The zero-order valence-corrected chi connectivity index (χ0v) is 14.0. The molecule has 24 heavy (non-hydrogen) atoms. The summed E-state index contributed by atoms with van der Waals surface area (Å²) in [4.78, 5) is 31.6. The van der Waals surface area contributed by atoms with Gasteiger partial charge in [-0.3, -0.25) is 15.1 Å². The van der Waals surface area contributed by atoms with Gasteiger partial charge in [-0.25, -0.2) is 9.18 Å². The van der Waals surface area contributed by atoms with Gasteiger partial charge in [0.2, 0.25) is 5.78 Å². The third-order valence-corrected chi connectivity index (χ3v) is 2.51. The van der Waals surface area contributed by atoms with Crippen molar-refractivity contribution in [2.24, 2.45) is 10.1 Å². The van der Waals surface area contributed by atoms with Gasteiger partial charge < -0.3 is 9.57 Å². The number of hydrogen-bond donors (Lipinski definition) is 1. The molecule has 0 fully saturated rings. The van der Waals surface area contributed by atoms with Crippen molar-refractivity contribution < 1.29 is 23.6 Å². The van der Waals surface area contributed by atoms with Gasteiger partial charge >= 0.3 is 6.09 Å².